The number of carbonyl (C=O) groups excluding carboxylic acids is 1. The molecule has 1 amide bonds. The summed E-state index contributed by atoms with van der Waals surface area (Å²) in [7, 11) is 0. The second-order valence-corrected chi connectivity index (χ2v) is 6.01. The van der Waals surface area contributed by atoms with Crippen molar-refractivity contribution in [2.45, 2.75) is 65.5 Å². The van der Waals surface area contributed by atoms with E-state index in [2.05, 4.69) is 17.6 Å². The van der Waals surface area contributed by atoms with E-state index in [9.17, 15) is 4.79 Å². The molecule has 0 fully saturated rings. The van der Waals surface area contributed by atoms with Gasteiger partial charge in [-0.1, -0.05) is 6.92 Å². The summed E-state index contributed by atoms with van der Waals surface area (Å²) in [5.41, 5.74) is -0.691. The SMILES string of the molecule is CCCNCCC(C)(C)NC(=O)OC(C)(C)C. The van der Waals surface area contributed by atoms with E-state index in [0.717, 1.165) is 25.9 Å². The van der Waals surface area contributed by atoms with Crippen LogP contribution in [0.1, 0.15) is 54.4 Å². The third kappa shape index (κ3) is 10.1. The van der Waals surface area contributed by atoms with Crippen molar-refractivity contribution >= 4 is 6.09 Å². The number of hydrogen-bond acceptors (Lipinski definition) is 3. The molecular weight excluding hydrogens is 216 g/mol. The fraction of sp³-hybridized carbons (Fsp3) is 0.923. The summed E-state index contributed by atoms with van der Waals surface area (Å²) in [5.74, 6) is 0. The van der Waals surface area contributed by atoms with Gasteiger partial charge in [-0.3, -0.25) is 0 Å². The van der Waals surface area contributed by atoms with Crippen LogP contribution in [0.5, 0.6) is 0 Å². The maximum absolute atomic E-state index is 11.6. The van der Waals surface area contributed by atoms with Crippen molar-refractivity contribution in [2.24, 2.45) is 0 Å². The molecule has 2 N–H and O–H groups in total. The first-order valence-electron chi connectivity index (χ1n) is 6.38. The third-order valence-corrected chi connectivity index (χ3v) is 2.19. The molecule has 0 spiro atoms. The second kappa shape index (κ2) is 6.84. The van der Waals surface area contributed by atoms with Crippen molar-refractivity contribution < 1.29 is 9.53 Å². The molecule has 0 atom stereocenters. The zero-order valence-electron chi connectivity index (χ0n) is 12.1. The van der Waals surface area contributed by atoms with E-state index >= 15 is 0 Å². The van der Waals surface area contributed by atoms with Crippen molar-refractivity contribution in [3.8, 4) is 0 Å². The van der Waals surface area contributed by atoms with E-state index in [1.54, 1.807) is 0 Å². The lowest BCUT2D eigenvalue weighted by Crippen LogP contribution is -2.47. The molecule has 102 valence electrons. The Morgan fingerprint density at radius 2 is 1.71 bits per heavy atom. The van der Waals surface area contributed by atoms with E-state index < -0.39 is 5.60 Å². The van der Waals surface area contributed by atoms with E-state index in [-0.39, 0.29) is 11.6 Å². The lowest BCUT2D eigenvalue weighted by molar-refractivity contribution is 0.0468. The predicted molar refractivity (Wildman–Crippen MR) is 71.2 cm³/mol. The van der Waals surface area contributed by atoms with E-state index in [1.807, 2.05) is 34.6 Å². The minimum atomic E-state index is -0.444. The Labute approximate surface area is 105 Å². The molecule has 0 aliphatic rings. The molecule has 17 heavy (non-hydrogen) atoms. The van der Waals surface area contributed by atoms with Gasteiger partial charge < -0.3 is 15.4 Å². The molecule has 0 heterocycles. The van der Waals surface area contributed by atoms with Crippen LogP contribution in [0, 0.1) is 0 Å². The van der Waals surface area contributed by atoms with Gasteiger partial charge in [0, 0.05) is 5.54 Å². The summed E-state index contributed by atoms with van der Waals surface area (Å²) in [5, 5.41) is 6.21. The Morgan fingerprint density at radius 3 is 2.18 bits per heavy atom. The van der Waals surface area contributed by atoms with Crippen molar-refractivity contribution in [3.63, 3.8) is 0 Å². The van der Waals surface area contributed by atoms with Crippen LogP contribution >= 0.6 is 0 Å². The monoisotopic (exact) mass is 244 g/mol. The van der Waals surface area contributed by atoms with E-state index in [1.165, 1.54) is 0 Å². The fourth-order valence-electron chi connectivity index (χ4n) is 1.35. The van der Waals surface area contributed by atoms with Crippen molar-refractivity contribution in [2.75, 3.05) is 13.1 Å². The topological polar surface area (TPSA) is 50.4 Å². The first kappa shape index (κ1) is 16.2. The van der Waals surface area contributed by atoms with Crippen molar-refractivity contribution in [1.29, 1.82) is 0 Å². The van der Waals surface area contributed by atoms with Crippen LogP contribution in [-0.2, 0) is 4.74 Å². The Hall–Kier alpha value is -0.770. The quantitative estimate of drug-likeness (QED) is 0.706. The maximum Gasteiger partial charge on any atom is 0.408 e. The number of rotatable bonds is 6. The summed E-state index contributed by atoms with van der Waals surface area (Å²) < 4.78 is 5.23. The molecule has 0 aromatic carbocycles. The molecular formula is C13H28N2O2. The zero-order chi connectivity index (χ0) is 13.5. The first-order valence-corrected chi connectivity index (χ1v) is 6.38. The highest BCUT2D eigenvalue weighted by atomic mass is 16.6. The predicted octanol–water partition coefficient (Wildman–Crippen LogP) is 2.68. The molecule has 0 radical (unpaired) electrons. The van der Waals surface area contributed by atoms with Gasteiger partial charge in [0.25, 0.3) is 0 Å². The Bertz CT molecular complexity index is 232. The molecule has 0 aliphatic carbocycles. The standard InChI is InChI=1S/C13H28N2O2/c1-7-9-14-10-8-13(5,6)15-11(16)17-12(2,3)4/h14H,7-10H2,1-6H3,(H,15,16). The van der Waals surface area contributed by atoms with Gasteiger partial charge in [-0.25, -0.2) is 4.79 Å². The number of ether oxygens (including phenoxy) is 1. The minimum absolute atomic E-state index is 0.247. The molecule has 0 bridgehead atoms. The highest BCUT2D eigenvalue weighted by Gasteiger charge is 2.23. The molecule has 0 aromatic heterocycles. The first-order chi connectivity index (χ1) is 7.66. The molecule has 4 heteroatoms. The van der Waals surface area contributed by atoms with Gasteiger partial charge >= 0.3 is 6.09 Å². The van der Waals surface area contributed by atoms with Gasteiger partial charge in [-0.2, -0.15) is 0 Å². The number of alkyl carbamates (subject to hydrolysis) is 1. The average Bonchev–Trinajstić information content (AvgIpc) is 2.08. The van der Waals surface area contributed by atoms with Gasteiger partial charge in [-0.05, 0) is 60.5 Å². The molecule has 0 aromatic rings. The second-order valence-electron chi connectivity index (χ2n) is 6.01. The minimum Gasteiger partial charge on any atom is -0.444 e. The Morgan fingerprint density at radius 1 is 1.12 bits per heavy atom. The zero-order valence-corrected chi connectivity index (χ0v) is 12.1. The van der Waals surface area contributed by atoms with Gasteiger partial charge in [-0.15, -0.1) is 0 Å². The highest BCUT2D eigenvalue weighted by Crippen LogP contribution is 2.11. The van der Waals surface area contributed by atoms with Gasteiger partial charge in [0.2, 0.25) is 0 Å². The average molecular weight is 244 g/mol. The highest BCUT2D eigenvalue weighted by molar-refractivity contribution is 5.68. The van der Waals surface area contributed by atoms with Crippen LogP contribution in [0.25, 0.3) is 0 Å². The molecule has 0 unspecified atom stereocenters. The third-order valence-electron chi connectivity index (χ3n) is 2.19. The Balaban J connectivity index is 3.94. The van der Waals surface area contributed by atoms with Gasteiger partial charge in [0.15, 0.2) is 0 Å². The summed E-state index contributed by atoms with van der Waals surface area (Å²) in [6.45, 7) is 13.7. The lowest BCUT2D eigenvalue weighted by atomic mass is 10.0. The van der Waals surface area contributed by atoms with Crippen LogP contribution in [0.3, 0.4) is 0 Å². The van der Waals surface area contributed by atoms with Crippen LogP contribution in [0.2, 0.25) is 0 Å². The molecule has 0 rings (SSSR count). The lowest BCUT2D eigenvalue weighted by Gasteiger charge is -2.28. The maximum atomic E-state index is 11.6. The van der Waals surface area contributed by atoms with Crippen molar-refractivity contribution in [3.05, 3.63) is 0 Å². The van der Waals surface area contributed by atoms with Crippen LogP contribution < -0.4 is 10.6 Å². The Kier molecular flexibility index (Phi) is 6.53. The van der Waals surface area contributed by atoms with Crippen LogP contribution in [0.15, 0.2) is 0 Å². The van der Waals surface area contributed by atoms with Crippen LogP contribution in [-0.4, -0.2) is 30.3 Å². The van der Waals surface area contributed by atoms with Crippen molar-refractivity contribution in [1.82, 2.24) is 10.6 Å². The summed E-state index contributed by atoms with van der Waals surface area (Å²) in [4.78, 5) is 11.6. The summed E-state index contributed by atoms with van der Waals surface area (Å²) in [6, 6.07) is 0. The largest absolute Gasteiger partial charge is 0.444 e. The molecule has 0 saturated carbocycles. The number of nitrogens with one attached hydrogen (secondary N) is 2. The van der Waals surface area contributed by atoms with Crippen LogP contribution in [0.4, 0.5) is 4.79 Å². The smallest absolute Gasteiger partial charge is 0.408 e. The summed E-state index contributed by atoms with van der Waals surface area (Å²) in [6.07, 6.45) is 1.66. The molecule has 0 aliphatic heterocycles. The number of amides is 1. The normalized spacial score (nSPS) is 12.4. The van der Waals surface area contributed by atoms with E-state index in [0.29, 0.717) is 0 Å². The number of carbonyl (C=O) groups is 1. The van der Waals surface area contributed by atoms with E-state index in [4.69, 9.17) is 4.74 Å². The van der Waals surface area contributed by atoms with Gasteiger partial charge in [0.05, 0.1) is 0 Å². The fourth-order valence-corrected chi connectivity index (χ4v) is 1.35. The molecule has 0 saturated heterocycles. The number of hydrogen-bond donors (Lipinski definition) is 2. The van der Waals surface area contributed by atoms with Gasteiger partial charge in [0.1, 0.15) is 5.60 Å². The summed E-state index contributed by atoms with van der Waals surface area (Å²) >= 11 is 0. The molecule has 4 nitrogen and oxygen atoms in total.